The Morgan fingerprint density at radius 1 is 1.17 bits per heavy atom. The first kappa shape index (κ1) is 17.2. The van der Waals surface area contributed by atoms with Crippen LogP contribution in [0.5, 0.6) is 11.5 Å². The van der Waals surface area contributed by atoms with E-state index in [9.17, 15) is 4.79 Å². The first-order valence-electron chi connectivity index (χ1n) is 7.20. The fraction of sp³-hybridized carbons (Fsp3) is 0.353. The third-order valence-corrected chi connectivity index (χ3v) is 4.28. The van der Waals surface area contributed by atoms with Crippen LogP contribution in [0, 0.1) is 13.8 Å². The molecule has 0 saturated heterocycles. The van der Waals surface area contributed by atoms with Crippen molar-refractivity contribution in [3.05, 3.63) is 40.2 Å². The number of aromatic nitrogens is 1. The summed E-state index contributed by atoms with van der Waals surface area (Å²) in [5.41, 5.74) is 3.39. The van der Waals surface area contributed by atoms with Gasteiger partial charge >= 0.3 is 0 Å². The van der Waals surface area contributed by atoms with E-state index in [1.165, 1.54) is 0 Å². The van der Waals surface area contributed by atoms with E-state index < -0.39 is 0 Å². The topological polar surface area (TPSA) is 52.5 Å². The molecule has 1 N–H and O–H groups in total. The van der Waals surface area contributed by atoms with Gasteiger partial charge in [-0.3, -0.25) is 4.79 Å². The summed E-state index contributed by atoms with van der Waals surface area (Å²) in [5, 5.41) is 3.55. The zero-order valence-electron chi connectivity index (χ0n) is 14.0. The molecule has 124 valence electrons. The largest absolute Gasteiger partial charge is 0.495 e. The molecule has 0 saturated carbocycles. The second-order valence-corrected chi connectivity index (χ2v) is 5.71. The Bertz CT molecular complexity index is 738. The second kappa shape index (κ2) is 6.96. The highest BCUT2D eigenvalue weighted by Crippen LogP contribution is 2.35. The lowest BCUT2D eigenvalue weighted by Gasteiger charge is -2.13. The molecule has 0 aliphatic heterocycles. The van der Waals surface area contributed by atoms with Crippen molar-refractivity contribution in [1.82, 2.24) is 4.57 Å². The zero-order valence-corrected chi connectivity index (χ0v) is 14.7. The summed E-state index contributed by atoms with van der Waals surface area (Å²) in [6.45, 7) is 4.07. The second-order valence-electron chi connectivity index (χ2n) is 5.31. The summed E-state index contributed by atoms with van der Waals surface area (Å²) in [6.07, 6.45) is 0. The normalized spacial score (nSPS) is 10.5. The van der Waals surface area contributed by atoms with Crippen molar-refractivity contribution in [1.29, 1.82) is 0 Å². The minimum atomic E-state index is 0.0159. The number of aryl methyl sites for hydroxylation is 1. The minimum Gasteiger partial charge on any atom is -0.495 e. The van der Waals surface area contributed by atoms with Crippen LogP contribution in [-0.2, 0) is 7.05 Å². The Hall–Kier alpha value is -2.14. The zero-order chi connectivity index (χ0) is 17.1. The average Bonchev–Trinajstić information content (AvgIpc) is 2.80. The summed E-state index contributed by atoms with van der Waals surface area (Å²) < 4.78 is 12.5. The van der Waals surface area contributed by atoms with Crippen LogP contribution in [0.3, 0.4) is 0 Å². The lowest BCUT2D eigenvalue weighted by Crippen LogP contribution is -2.15. The van der Waals surface area contributed by atoms with Crippen LogP contribution in [0.2, 0.25) is 5.02 Å². The molecule has 0 unspecified atom stereocenters. The number of ether oxygens (including phenoxy) is 2. The van der Waals surface area contributed by atoms with Crippen molar-refractivity contribution in [2.24, 2.45) is 7.05 Å². The number of halogens is 1. The summed E-state index contributed by atoms with van der Waals surface area (Å²) in [6, 6.07) is 5.28. The quantitative estimate of drug-likeness (QED) is 0.819. The monoisotopic (exact) mass is 336 g/mol. The number of Topliss-reactive ketones (excluding diaryl/α,β-unsaturated/α-hetero) is 1. The van der Waals surface area contributed by atoms with Gasteiger partial charge in [-0.15, -0.1) is 0 Å². The van der Waals surface area contributed by atoms with E-state index in [0.717, 1.165) is 17.0 Å². The summed E-state index contributed by atoms with van der Waals surface area (Å²) in [4.78, 5) is 12.5. The maximum absolute atomic E-state index is 12.5. The third-order valence-electron chi connectivity index (χ3n) is 3.99. The molecule has 0 amide bonds. The predicted octanol–water partition coefficient (Wildman–Crippen LogP) is 3.61. The highest BCUT2D eigenvalue weighted by molar-refractivity contribution is 6.32. The van der Waals surface area contributed by atoms with E-state index in [-0.39, 0.29) is 12.3 Å². The third kappa shape index (κ3) is 3.45. The number of methoxy groups -OCH3 is 2. The Labute approximate surface area is 141 Å². The van der Waals surface area contributed by atoms with Crippen molar-refractivity contribution in [2.45, 2.75) is 13.8 Å². The van der Waals surface area contributed by atoms with Crippen molar-refractivity contribution in [2.75, 3.05) is 26.1 Å². The van der Waals surface area contributed by atoms with Gasteiger partial charge in [-0.25, -0.2) is 0 Å². The van der Waals surface area contributed by atoms with Gasteiger partial charge in [0.05, 0.1) is 31.5 Å². The number of carbonyl (C=O) groups is 1. The van der Waals surface area contributed by atoms with Gasteiger partial charge in [0.25, 0.3) is 0 Å². The van der Waals surface area contributed by atoms with Crippen LogP contribution in [0.1, 0.15) is 21.7 Å². The van der Waals surface area contributed by atoms with Gasteiger partial charge < -0.3 is 19.4 Å². The molecule has 0 atom stereocenters. The predicted molar refractivity (Wildman–Crippen MR) is 92.3 cm³/mol. The lowest BCUT2D eigenvalue weighted by molar-refractivity contribution is 0.101. The SMILES string of the molecule is COc1cc(NCC(=O)c2cc(C)n(C)c2C)c(OC)cc1Cl. The highest BCUT2D eigenvalue weighted by atomic mass is 35.5. The minimum absolute atomic E-state index is 0.0159. The molecule has 0 bridgehead atoms. The molecule has 23 heavy (non-hydrogen) atoms. The lowest BCUT2D eigenvalue weighted by atomic mass is 10.1. The van der Waals surface area contributed by atoms with Crippen LogP contribution in [0.15, 0.2) is 18.2 Å². The molecule has 0 aliphatic carbocycles. The number of hydrogen-bond donors (Lipinski definition) is 1. The van der Waals surface area contributed by atoms with Crippen molar-refractivity contribution in [3.63, 3.8) is 0 Å². The van der Waals surface area contributed by atoms with E-state index >= 15 is 0 Å². The van der Waals surface area contributed by atoms with Crippen molar-refractivity contribution in [3.8, 4) is 11.5 Å². The van der Waals surface area contributed by atoms with Gasteiger partial charge in [-0.05, 0) is 19.9 Å². The van der Waals surface area contributed by atoms with E-state index in [0.29, 0.717) is 22.2 Å². The summed E-state index contributed by atoms with van der Waals surface area (Å²) >= 11 is 6.08. The molecule has 0 radical (unpaired) electrons. The molecule has 2 rings (SSSR count). The number of rotatable bonds is 6. The maximum atomic E-state index is 12.5. The first-order valence-corrected chi connectivity index (χ1v) is 7.58. The van der Waals surface area contributed by atoms with Gasteiger partial charge in [-0.2, -0.15) is 0 Å². The van der Waals surface area contributed by atoms with Gasteiger partial charge in [0.15, 0.2) is 5.78 Å². The molecule has 1 aromatic heterocycles. The fourth-order valence-electron chi connectivity index (χ4n) is 2.41. The molecule has 1 aromatic carbocycles. The van der Waals surface area contributed by atoms with Gasteiger partial charge in [0, 0.05) is 36.1 Å². The molecule has 2 aromatic rings. The number of anilines is 1. The average molecular weight is 337 g/mol. The van der Waals surface area contributed by atoms with Gasteiger partial charge in [-0.1, -0.05) is 11.6 Å². The van der Waals surface area contributed by atoms with Crippen LogP contribution in [-0.4, -0.2) is 31.1 Å². The number of benzene rings is 1. The highest BCUT2D eigenvalue weighted by Gasteiger charge is 2.15. The maximum Gasteiger partial charge on any atom is 0.183 e. The number of hydrogen-bond acceptors (Lipinski definition) is 4. The first-order chi connectivity index (χ1) is 10.9. The summed E-state index contributed by atoms with van der Waals surface area (Å²) in [5.74, 6) is 1.10. The Balaban J connectivity index is 2.20. The Kier molecular flexibility index (Phi) is 5.21. The number of nitrogens with zero attached hydrogens (tertiary/aromatic N) is 1. The van der Waals surface area contributed by atoms with E-state index in [1.807, 2.05) is 31.5 Å². The van der Waals surface area contributed by atoms with E-state index in [4.69, 9.17) is 21.1 Å². The van der Waals surface area contributed by atoms with Crippen molar-refractivity contribution < 1.29 is 14.3 Å². The molecular weight excluding hydrogens is 316 g/mol. The fourth-order valence-corrected chi connectivity index (χ4v) is 2.64. The number of carbonyl (C=O) groups excluding carboxylic acids is 1. The van der Waals surface area contributed by atoms with Crippen LogP contribution >= 0.6 is 11.6 Å². The standard InChI is InChI=1S/C17H21ClN2O3/c1-10-6-12(11(2)20(10)3)15(21)9-19-14-8-16(22-4)13(18)7-17(14)23-5/h6-8,19H,9H2,1-5H3. The van der Waals surface area contributed by atoms with Crippen LogP contribution in [0.25, 0.3) is 0 Å². The van der Waals surface area contributed by atoms with E-state index in [1.54, 1.807) is 26.4 Å². The van der Waals surface area contributed by atoms with Gasteiger partial charge in [0.2, 0.25) is 0 Å². The van der Waals surface area contributed by atoms with Gasteiger partial charge in [0.1, 0.15) is 11.5 Å². The van der Waals surface area contributed by atoms with Crippen molar-refractivity contribution >= 4 is 23.1 Å². The Morgan fingerprint density at radius 2 is 1.83 bits per heavy atom. The molecule has 5 nitrogen and oxygen atoms in total. The van der Waals surface area contributed by atoms with Crippen LogP contribution < -0.4 is 14.8 Å². The number of ketones is 1. The molecular formula is C17H21ClN2O3. The van der Waals surface area contributed by atoms with E-state index in [2.05, 4.69) is 5.32 Å². The Morgan fingerprint density at radius 3 is 2.35 bits per heavy atom. The summed E-state index contributed by atoms with van der Waals surface area (Å²) in [7, 11) is 5.04. The van der Waals surface area contributed by atoms with Crippen LogP contribution in [0.4, 0.5) is 5.69 Å². The number of nitrogens with one attached hydrogen (secondary N) is 1. The smallest absolute Gasteiger partial charge is 0.183 e. The molecule has 0 fully saturated rings. The molecule has 0 aliphatic rings. The molecule has 1 heterocycles. The molecule has 6 heteroatoms. The molecule has 0 spiro atoms.